The van der Waals surface area contributed by atoms with Crippen LogP contribution in [0.4, 0.5) is 0 Å². The van der Waals surface area contributed by atoms with Crippen LogP contribution in [0.2, 0.25) is 0 Å². The van der Waals surface area contributed by atoms with E-state index < -0.39 is 5.97 Å². The smallest absolute Gasteiger partial charge is 0.351 e. The molecule has 0 aliphatic carbocycles. The summed E-state index contributed by atoms with van der Waals surface area (Å²) in [7, 11) is 7.43. The van der Waals surface area contributed by atoms with Gasteiger partial charge in [0.15, 0.2) is 17.3 Å². The van der Waals surface area contributed by atoms with Gasteiger partial charge in [0.25, 0.3) is 0 Å². The highest BCUT2D eigenvalue weighted by Crippen LogP contribution is 2.41. The molecule has 0 N–H and O–H groups in total. The first-order valence-electron chi connectivity index (χ1n) is 11.2. The maximum Gasteiger partial charge on any atom is 0.351 e. The highest BCUT2D eigenvalue weighted by Gasteiger charge is 2.31. The molecule has 1 heterocycles. The number of ketones is 1. The molecule has 4 rings (SSSR count). The van der Waals surface area contributed by atoms with Crippen molar-refractivity contribution < 1.29 is 42.7 Å². The number of ether oxygens (including phenoxy) is 7. The average Bonchev–Trinajstić information content (AvgIpc) is 3.21. The van der Waals surface area contributed by atoms with Crippen molar-refractivity contribution in [2.24, 2.45) is 0 Å². The number of aryl methyl sites for hydroxylation is 1. The molecule has 1 aliphatic rings. The Labute approximate surface area is 214 Å². The van der Waals surface area contributed by atoms with Crippen LogP contribution in [-0.4, -0.2) is 47.3 Å². The summed E-state index contributed by atoms with van der Waals surface area (Å²) in [6.45, 7) is 1.74. The third kappa shape index (κ3) is 4.75. The molecule has 0 spiro atoms. The van der Waals surface area contributed by atoms with E-state index in [2.05, 4.69) is 0 Å². The van der Waals surface area contributed by atoms with Crippen molar-refractivity contribution in [3.8, 4) is 40.2 Å². The standard InChI is InChI=1S/C28H26O9/c1-15-10-17(36-28(30)25-18(31-2)8-7-9-19(25)32-3)14-20-24(15)26(29)21(37-20)11-16-12-22(33-4)27(35-6)23(13-16)34-5/h7-14H,1-6H3/b21-11-. The molecular formula is C28H26O9. The van der Waals surface area contributed by atoms with Crippen LogP contribution in [0.25, 0.3) is 6.08 Å². The Balaban J connectivity index is 1.66. The summed E-state index contributed by atoms with van der Waals surface area (Å²) in [6, 6.07) is 11.5. The molecule has 0 aromatic heterocycles. The number of methoxy groups -OCH3 is 5. The van der Waals surface area contributed by atoms with Gasteiger partial charge in [-0.15, -0.1) is 0 Å². The zero-order valence-corrected chi connectivity index (χ0v) is 21.3. The SMILES string of the molecule is COc1cc(/C=C2\Oc3cc(OC(=O)c4c(OC)cccc4OC)cc(C)c3C2=O)cc(OC)c1OC. The Morgan fingerprint density at radius 2 is 1.41 bits per heavy atom. The molecule has 0 bridgehead atoms. The van der Waals surface area contributed by atoms with Gasteiger partial charge in [0, 0.05) is 6.07 Å². The number of allylic oxidation sites excluding steroid dienone is 1. The number of carbonyl (C=O) groups excluding carboxylic acids is 2. The molecule has 9 nitrogen and oxygen atoms in total. The molecule has 0 saturated heterocycles. The van der Waals surface area contributed by atoms with Gasteiger partial charge in [-0.2, -0.15) is 0 Å². The largest absolute Gasteiger partial charge is 0.496 e. The predicted molar refractivity (Wildman–Crippen MR) is 135 cm³/mol. The summed E-state index contributed by atoms with van der Waals surface area (Å²) in [5.41, 5.74) is 1.72. The third-order valence-electron chi connectivity index (χ3n) is 5.77. The lowest BCUT2D eigenvalue weighted by Crippen LogP contribution is -2.12. The fourth-order valence-corrected chi connectivity index (χ4v) is 4.08. The molecule has 9 heteroatoms. The monoisotopic (exact) mass is 506 g/mol. The van der Waals surface area contributed by atoms with Gasteiger partial charge < -0.3 is 33.2 Å². The first-order valence-corrected chi connectivity index (χ1v) is 11.2. The number of fused-ring (bicyclic) bond motifs is 1. The highest BCUT2D eigenvalue weighted by atomic mass is 16.5. The van der Waals surface area contributed by atoms with E-state index in [4.69, 9.17) is 33.2 Å². The zero-order valence-electron chi connectivity index (χ0n) is 21.3. The first-order chi connectivity index (χ1) is 17.8. The lowest BCUT2D eigenvalue weighted by Gasteiger charge is -2.13. The number of carbonyl (C=O) groups is 2. The quantitative estimate of drug-likeness (QED) is 0.241. The number of Topliss-reactive ketones (excluding diaryl/α,β-unsaturated/α-hetero) is 1. The van der Waals surface area contributed by atoms with E-state index in [0.29, 0.717) is 45.4 Å². The average molecular weight is 507 g/mol. The minimum absolute atomic E-state index is 0.0993. The Kier molecular flexibility index (Phi) is 7.24. The Hall–Kier alpha value is -4.66. The fourth-order valence-electron chi connectivity index (χ4n) is 4.08. The Morgan fingerprint density at radius 1 is 0.811 bits per heavy atom. The Bertz CT molecular complexity index is 1360. The molecule has 1 aliphatic heterocycles. The highest BCUT2D eigenvalue weighted by molar-refractivity contribution is 6.15. The number of benzene rings is 3. The second kappa shape index (κ2) is 10.5. The van der Waals surface area contributed by atoms with Crippen LogP contribution in [0.1, 0.15) is 31.8 Å². The van der Waals surface area contributed by atoms with E-state index >= 15 is 0 Å². The van der Waals surface area contributed by atoms with Gasteiger partial charge in [0.05, 0.1) is 41.1 Å². The maximum atomic E-state index is 13.2. The molecule has 0 fully saturated rings. The zero-order chi connectivity index (χ0) is 26.7. The molecule has 0 amide bonds. The maximum absolute atomic E-state index is 13.2. The number of rotatable bonds is 8. The van der Waals surface area contributed by atoms with Crippen LogP contribution >= 0.6 is 0 Å². The number of esters is 1. The van der Waals surface area contributed by atoms with Crippen LogP contribution in [0.15, 0.2) is 48.2 Å². The van der Waals surface area contributed by atoms with Crippen LogP contribution in [0.3, 0.4) is 0 Å². The van der Waals surface area contributed by atoms with Crippen LogP contribution in [0.5, 0.6) is 40.2 Å². The lowest BCUT2D eigenvalue weighted by atomic mass is 10.0. The molecule has 37 heavy (non-hydrogen) atoms. The summed E-state index contributed by atoms with van der Waals surface area (Å²) in [5, 5.41) is 0. The fraction of sp³-hybridized carbons (Fsp3) is 0.214. The third-order valence-corrected chi connectivity index (χ3v) is 5.77. The summed E-state index contributed by atoms with van der Waals surface area (Å²) >= 11 is 0. The van der Waals surface area contributed by atoms with Gasteiger partial charge >= 0.3 is 5.97 Å². The second-order valence-electron chi connectivity index (χ2n) is 7.94. The van der Waals surface area contributed by atoms with Gasteiger partial charge in [0.2, 0.25) is 11.5 Å². The van der Waals surface area contributed by atoms with E-state index in [0.717, 1.165) is 0 Å². The summed E-state index contributed by atoms with van der Waals surface area (Å²) in [4.78, 5) is 26.1. The van der Waals surface area contributed by atoms with Crippen molar-refractivity contribution in [2.45, 2.75) is 6.92 Å². The van der Waals surface area contributed by atoms with Crippen LogP contribution in [-0.2, 0) is 0 Å². The summed E-state index contributed by atoms with van der Waals surface area (Å²) in [6.07, 6.45) is 1.58. The minimum Gasteiger partial charge on any atom is -0.496 e. The van der Waals surface area contributed by atoms with Crippen molar-refractivity contribution >= 4 is 17.8 Å². The van der Waals surface area contributed by atoms with E-state index in [-0.39, 0.29) is 28.6 Å². The topological polar surface area (TPSA) is 98.8 Å². The molecule has 3 aromatic rings. The van der Waals surface area contributed by atoms with Gasteiger partial charge in [0.1, 0.15) is 28.6 Å². The molecule has 0 radical (unpaired) electrons. The number of hydrogen-bond donors (Lipinski definition) is 0. The summed E-state index contributed by atoms with van der Waals surface area (Å²) in [5.74, 6) is 1.53. The molecular weight excluding hydrogens is 480 g/mol. The first kappa shape index (κ1) is 25.4. The summed E-state index contributed by atoms with van der Waals surface area (Å²) < 4.78 is 38.2. The van der Waals surface area contributed by atoms with E-state index in [1.54, 1.807) is 49.4 Å². The molecule has 3 aromatic carbocycles. The van der Waals surface area contributed by atoms with E-state index in [9.17, 15) is 9.59 Å². The van der Waals surface area contributed by atoms with Gasteiger partial charge in [-0.3, -0.25) is 4.79 Å². The molecule has 192 valence electrons. The van der Waals surface area contributed by atoms with Crippen molar-refractivity contribution in [2.75, 3.05) is 35.5 Å². The van der Waals surface area contributed by atoms with E-state index in [1.807, 2.05) is 0 Å². The van der Waals surface area contributed by atoms with Crippen LogP contribution in [0, 0.1) is 6.92 Å². The van der Waals surface area contributed by atoms with Crippen molar-refractivity contribution in [1.29, 1.82) is 0 Å². The number of hydrogen-bond acceptors (Lipinski definition) is 9. The second-order valence-corrected chi connectivity index (χ2v) is 7.94. The van der Waals surface area contributed by atoms with Gasteiger partial charge in [-0.25, -0.2) is 4.79 Å². The Morgan fingerprint density at radius 3 is 1.95 bits per heavy atom. The van der Waals surface area contributed by atoms with Crippen molar-refractivity contribution in [3.63, 3.8) is 0 Å². The lowest BCUT2D eigenvalue weighted by molar-refractivity contribution is 0.0727. The molecule has 0 atom stereocenters. The predicted octanol–water partition coefficient (Wildman–Crippen LogP) is 4.87. The van der Waals surface area contributed by atoms with E-state index in [1.165, 1.54) is 41.6 Å². The van der Waals surface area contributed by atoms with Crippen molar-refractivity contribution in [1.82, 2.24) is 0 Å². The van der Waals surface area contributed by atoms with Gasteiger partial charge in [-0.1, -0.05) is 6.07 Å². The van der Waals surface area contributed by atoms with Gasteiger partial charge in [-0.05, 0) is 54.5 Å². The van der Waals surface area contributed by atoms with Crippen LogP contribution < -0.4 is 33.2 Å². The molecule has 0 saturated carbocycles. The minimum atomic E-state index is -0.675. The molecule has 0 unspecified atom stereocenters. The van der Waals surface area contributed by atoms with Crippen molar-refractivity contribution in [3.05, 3.63) is 70.5 Å². The normalized spacial score (nSPS) is 13.0.